The molecule has 3 rings (SSSR count). The highest BCUT2D eigenvalue weighted by atomic mass is 16.6. The SMILES string of the molecule is COc1ccc(COC(=O)C[C@@H]2C[C@@H](O)CN2C(=O)OCc2ccc([N+](=O)[O-])cc2)cc1. The van der Waals surface area contributed by atoms with Gasteiger partial charge in [0.2, 0.25) is 0 Å². The van der Waals surface area contributed by atoms with E-state index in [9.17, 15) is 24.8 Å². The molecule has 1 aliphatic rings. The number of β-amino-alcohol motifs (C(OH)–C–C–N with tert-alkyl or cyclic N) is 1. The van der Waals surface area contributed by atoms with Gasteiger partial charge in [0.25, 0.3) is 5.69 Å². The zero-order chi connectivity index (χ0) is 23.1. The molecule has 0 spiro atoms. The molecule has 2 atom stereocenters. The van der Waals surface area contributed by atoms with Crippen LogP contribution in [0.1, 0.15) is 24.0 Å². The zero-order valence-corrected chi connectivity index (χ0v) is 17.5. The van der Waals surface area contributed by atoms with Crippen LogP contribution in [0.15, 0.2) is 48.5 Å². The number of esters is 1. The van der Waals surface area contributed by atoms with Gasteiger partial charge in [-0.1, -0.05) is 12.1 Å². The van der Waals surface area contributed by atoms with Crippen molar-refractivity contribution in [1.29, 1.82) is 0 Å². The first-order valence-corrected chi connectivity index (χ1v) is 9.99. The molecule has 2 aromatic carbocycles. The molecule has 0 saturated carbocycles. The maximum absolute atomic E-state index is 12.5. The molecule has 32 heavy (non-hydrogen) atoms. The second-order valence-electron chi connectivity index (χ2n) is 7.39. The lowest BCUT2D eigenvalue weighted by molar-refractivity contribution is -0.384. The zero-order valence-electron chi connectivity index (χ0n) is 17.5. The molecule has 1 fully saturated rings. The summed E-state index contributed by atoms with van der Waals surface area (Å²) in [7, 11) is 1.56. The smallest absolute Gasteiger partial charge is 0.410 e. The quantitative estimate of drug-likeness (QED) is 0.374. The van der Waals surface area contributed by atoms with Crippen LogP contribution in [0.4, 0.5) is 10.5 Å². The molecule has 10 nitrogen and oxygen atoms in total. The molecule has 0 radical (unpaired) electrons. The average molecular weight is 444 g/mol. The van der Waals surface area contributed by atoms with E-state index in [0.717, 1.165) is 5.56 Å². The number of non-ortho nitro benzene ring substituents is 1. The number of nitro groups is 1. The van der Waals surface area contributed by atoms with E-state index in [-0.39, 0.29) is 38.3 Å². The number of hydrogen-bond donors (Lipinski definition) is 1. The van der Waals surface area contributed by atoms with E-state index in [0.29, 0.717) is 11.3 Å². The summed E-state index contributed by atoms with van der Waals surface area (Å²) < 4.78 is 15.6. The van der Waals surface area contributed by atoms with Gasteiger partial charge < -0.3 is 24.2 Å². The highest BCUT2D eigenvalue weighted by Crippen LogP contribution is 2.23. The van der Waals surface area contributed by atoms with Gasteiger partial charge in [0.1, 0.15) is 19.0 Å². The number of benzene rings is 2. The van der Waals surface area contributed by atoms with E-state index in [1.54, 1.807) is 31.4 Å². The molecule has 1 saturated heterocycles. The molecule has 0 unspecified atom stereocenters. The predicted octanol–water partition coefficient (Wildman–Crippen LogP) is 2.81. The van der Waals surface area contributed by atoms with E-state index in [2.05, 4.69) is 0 Å². The molecule has 0 aromatic heterocycles. The number of carbonyl (C=O) groups excluding carboxylic acids is 2. The lowest BCUT2D eigenvalue weighted by Crippen LogP contribution is -2.37. The van der Waals surface area contributed by atoms with E-state index < -0.39 is 29.1 Å². The van der Waals surface area contributed by atoms with Crippen LogP contribution in [0.3, 0.4) is 0 Å². The Labute approximate surface area is 184 Å². The van der Waals surface area contributed by atoms with Gasteiger partial charge in [-0.25, -0.2) is 4.79 Å². The van der Waals surface area contributed by atoms with Crippen molar-refractivity contribution in [2.24, 2.45) is 0 Å². The van der Waals surface area contributed by atoms with E-state index in [1.165, 1.54) is 29.2 Å². The standard InChI is InChI=1S/C22H24N2O8/c1-30-20-8-4-16(5-9-20)13-31-21(26)11-18-10-19(25)12-23(18)22(27)32-14-15-2-6-17(7-3-15)24(28)29/h2-9,18-19,25H,10-14H2,1H3/t18-,19+/m0/s1. The van der Waals surface area contributed by atoms with Crippen LogP contribution in [0.2, 0.25) is 0 Å². The number of nitro benzene ring substituents is 1. The number of aliphatic hydroxyl groups is 1. The van der Waals surface area contributed by atoms with Gasteiger partial charge in [-0.15, -0.1) is 0 Å². The maximum Gasteiger partial charge on any atom is 0.410 e. The Morgan fingerprint density at radius 3 is 2.25 bits per heavy atom. The van der Waals surface area contributed by atoms with Gasteiger partial charge in [0.15, 0.2) is 0 Å². The van der Waals surface area contributed by atoms with Crippen molar-refractivity contribution in [2.45, 2.75) is 38.2 Å². The highest BCUT2D eigenvalue weighted by molar-refractivity contribution is 5.73. The van der Waals surface area contributed by atoms with Crippen LogP contribution in [0.5, 0.6) is 5.75 Å². The van der Waals surface area contributed by atoms with E-state index in [1.807, 2.05) is 0 Å². The van der Waals surface area contributed by atoms with Crippen molar-refractivity contribution in [2.75, 3.05) is 13.7 Å². The highest BCUT2D eigenvalue weighted by Gasteiger charge is 2.37. The fraction of sp³-hybridized carbons (Fsp3) is 0.364. The van der Waals surface area contributed by atoms with Gasteiger partial charge in [0.05, 0.1) is 31.1 Å². The van der Waals surface area contributed by atoms with Gasteiger partial charge in [-0.2, -0.15) is 0 Å². The topological polar surface area (TPSA) is 128 Å². The summed E-state index contributed by atoms with van der Waals surface area (Å²) in [6.07, 6.45) is -1.27. The number of ether oxygens (including phenoxy) is 3. The number of rotatable bonds is 8. The summed E-state index contributed by atoms with van der Waals surface area (Å²) in [5.74, 6) is 0.205. The summed E-state index contributed by atoms with van der Waals surface area (Å²) in [5.41, 5.74) is 1.32. The molecule has 0 bridgehead atoms. The van der Waals surface area contributed by atoms with Crippen molar-refractivity contribution in [3.63, 3.8) is 0 Å². The second-order valence-corrected chi connectivity index (χ2v) is 7.39. The lowest BCUT2D eigenvalue weighted by Gasteiger charge is -2.23. The van der Waals surface area contributed by atoms with Crippen molar-refractivity contribution in [3.8, 4) is 5.75 Å². The molecule has 10 heteroatoms. The number of methoxy groups -OCH3 is 1. The van der Waals surface area contributed by atoms with Crippen LogP contribution in [0.25, 0.3) is 0 Å². The van der Waals surface area contributed by atoms with Gasteiger partial charge >= 0.3 is 12.1 Å². The third kappa shape index (κ3) is 6.17. The molecule has 1 aliphatic heterocycles. The first kappa shape index (κ1) is 23.0. The van der Waals surface area contributed by atoms with Crippen molar-refractivity contribution in [1.82, 2.24) is 4.90 Å². The predicted molar refractivity (Wildman–Crippen MR) is 112 cm³/mol. The average Bonchev–Trinajstić information content (AvgIpc) is 3.16. The Kier molecular flexibility index (Phi) is 7.61. The Morgan fingerprint density at radius 2 is 1.66 bits per heavy atom. The minimum absolute atomic E-state index is 0.0511. The molecule has 170 valence electrons. The fourth-order valence-corrected chi connectivity index (χ4v) is 3.39. The summed E-state index contributed by atoms with van der Waals surface area (Å²) >= 11 is 0. The molecule has 1 heterocycles. The van der Waals surface area contributed by atoms with E-state index in [4.69, 9.17) is 14.2 Å². The molecular formula is C22H24N2O8. The Balaban J connectivity index is 1.50. The minimum atomic E-state index is -0.763. The van der Waals surface area contributed by atoms with Crippen molar-refractivity contribution in [3.05, 3.63) is 69.8 Å². The van der Waals surface area contributed by atoms with Gasteiger partial charge in [0, 0.05) is 18.2 Å². The van der Waals surface area contributed by atoms with Crippen LogP contribution >= 0.6 is 0 Å². The number of aliphatic hydroxyl groups excluding tert-OH is 1. The summed E-state index contributed by atoms with van der Waals surface area (Å²) in [4.78, 5) is 36.3. The van der Waals surface area contributed by atoms with Crippen molar-refractivity contribution < 1.29 is 33.8 Å². The number of nitrogens with zero attached hydrogens (tertiary/aromatic N) is 2. The lowest BCUT2D eigenvalue weighted by atomic mass is 10.1. The fourth-order valence-electron chi connectivity index (χ4n) is 3.39. The van der Waals surface area contributed by atoms with Crippen LogP contribution in [-0.2, 0) is 27.5 Å². The normalized spacial score (nSPS) is 17.6. The van der Waals surface area contributed by atoms with Crippen LogP contribution in [0, 0.1) is 10.1 Å². The molecule has 0 aliphatic carbocycles. The molecular weight excluding hydrogens is 420 g/mol. The Hall–Kier alpha value is -3.66. The largest absolute Gasteiger partial charge is 0.497 e. The molecule has 2 aromatic rings. The first-order valence-electron chi connectivity index (χ1n) is 9.99. The van der Waals surface area contributed by atoms with Crippen LogP contribution in [-0.4, -0.2) is 52.8 Å². The number of likely N-dealkylation sites (tertiary alicyclic amines) is 1. The van der Waals surface area contributed by atoms with Crippen molar-refractivity contribution >= 4 is 17.7 Å². The van der Waals surface area contributed by atoms with E-state index >= 15 is 0 Å². The summed E-state index contributed by atoms with van der Waals surface area (Å²) in [5, 5.41) is 20.7. The first-order chi connectivity index (χ1) is 15.4. The minimum Gasteiger partial charge on any atom is -0.497 e. The number of amides is 1. The molecule has 1 N–H and O–H groups in total. The third-order valence-electron chi connectivity index (χ3n) is 5.10. The Bertz CT molecular complexity index is 945. The monoisotopic (exact) mass is 444 g/mol. The second kappa shape index (κ2) is 10.6. The van der Waals surface area contributed by atoms with Gasteiger partial charge in [-0.05, 0) is 41.8 Å². The third-order valence-corrected chi connectivity index (χ3v) is 5.10. The number of hydrogen-bond acceptors (Lipinski definition) is 8. The number of carbonyl (C=O) groups is 2. The maximum atomic E-state index is 12.5. The summed E-state index contributed by atoms with van der Waals surface area (Å²) in [6.45, 7) is 0.0519. The molecule has 1 amide bonds. The van der Waals surface area contributed by atoms with Gasteiger partial charge in [-0.3, -0.25) is 14.9 Å². The summed E-state index contributed by atoms with van der Waals surface area (Å²) in [6, 6.07) is 12.2. The Morgan fingerprint density at radius 1 is 1.06 bits per heavy atom. The van der Waals surface area contributed by atoms with Crippen LogP contribution < -0.4 is 4.74 Å².